The van der Waals surface area contributed by atoms with E-state index in [0.29, 0.717) is 10.9 Å². The number of terminal acetylenes is 1. The Labute approximate surface area is 119 Å². The number of fused-ring (bicyclic) bond motifs is 1. The predicted molar refractivity (Wildman–Crippen MR) is 79.6 cm³/mol. The lowest BCUT2D eigenvalue weighted by Gasteiger charge is -2.30. The Kier molecular flexibility index (Phi) is 3.55. The second-order valence-corrected chi connectivity index (χ2v) is 6.94. The first-order chi connectivity index (χ1) is 9.30. The van der Waals surface area contributed by atoms with E-state index in [1.807, 2.05) is 0 Å². The fourth-order valence-corrected chi connectivity index (χ4v) is 3.49. The van der Waals surface area contributed by atoms with E-state index >= 15 is 0 Å². The highest BCUT2D eigenvalue weighted by Crippen LogP contribution is 2.27. The number of pyridine rings is 1. The molecule has 0 bridgehead atoms. The van der Waals surface area contributed by atoms with Crippen molar-refractivity contribution in [3.63, 3.8) is 0 Å². The second kappa shape index (κ2) is 4.89. The highest BCUT2D eigenvalue weighted by molar-refractivity contribution is 7.89. The van der Waals surface area contributed by atoms with Crippen LogP contribution in [0.15, 0.2) is 41.4 Å². The first-order valence-electron chi connectivity index (χ1n) is 6.11. The van der Waals surface area contributed by atoms with E-state index in [-0.39, 0.29) is 4.90 Å². The Morgan fingerprint density at radius 2 is 1.95 bits per heavy atom. The zero-order valence-electron chi connectivity index (χ0n) is 11.7. The summed E-state index contributed by atoms with van der Waals surface area (Å²) < 4.78 is 26.7. The minimum atomic E-state index is -3.68. The molecule has 0 fully saturated rings. The van der Waals surface area contributed by atoms with Crippen LogP contribution in [0.4, 0.5) is 0 Å². The standard InChI is InChI=1S/C15H16N2O2S/c1-5-15(2,3)17(4)20(18,19)14-10-6-9-13-12(14)8-7-11-16-13/h1,6-11H,2-4H3. The minimum Gasteiger partial charge on any atom is -0.256 e. The van der Waals surface area contributed by atoms with Gasteiger partial charge >= 0.3 is 0 Å². The van der Waals surface area contributed by atoms with Crippen LogP contribution in [0.5, 0.6) is 0 Å². The average Bonchev–Trinajstić information content (AvgIpc) is 2.45. The van der Waals surface area contributed by atoms with Gasteiger partial charge in [-0.05, 0) is 38.1 Å². The van der Waals surface area contributed by atoms with Gasteiger partial charge in [0, 0.05) is 18.6 Å². The van der Waals surface area contributed by atoms with Crippen LogP contribution in [0.25, 0.3) is 10.9 Å². The Hall–Kier alpha value is -1.90. The van der Waals surface area contributed by atoms with E-state index in [1.54, 1.807) is 50.4 Å². The molecular weight excluding hydrogens is 272 g/mol. The van der Waals surface area contributed by atoms with E-state index in [1.165, 1.54) is 11.4 Å². The SMILES string of the molecule is C#CC(C)(C)N(C)S(=O)(=O)c1cccc2ncccc12. The van der Waals surface area contributed by atoms with Crippen LogP contribution in [0.1, 0.15) is 13.8 Å². The maximum absolute atomic E-state index is 12.8. The van der Waals surface area contributed by atoms with Crippen molar-refractivity contribution in [2.24, 2.45) is 0 Å². The van der Waals surface area contributed by atoms with Crippen molar-refractivity contribution in [2.45, 2.75) is 24.3 Å². The first kappa shape index (κ1) is 14.5. The molecule has 1 aromatic carbocycles. The van der Waals surface area contributed by atoms with Crippen molar-refractivity contribution >= 4 is 20.9 Å². The van der Waals surface area contributed by atoms with Crippen molar-refractivity contribution in [1.29, 1.82) is 0 Å². The van der Waals surface area contributed by atoms with Gasteiger partial charge in [0.1, 0.15) is 0 Å². The summed E-state index contributed by atoms with van der Waals surface area (Å²) in [5.41, 5.74) is -0.260. The minimum absolute atomic E-state index is 0.217. The highest BCUT2D eigenvalue weighted by Gasteiger charge is 2.33. The molecule has 0 N–H and O–H groups in total. The van der Waals surface area contributed by atoms with Gasteiger partial charge in [-0.1, -0.05) is 12.0 Å². The molecule has 0 spiro atoms. The van der Waals surface area contributed by atoms with E-state index in [0.717, 1.165) is 0 Å². The van der Waals surface area contributed by atoms with Crippen molar-refractivity contribution in [2.75, 3.05) is 7.05 Å². The molecule has 0 saturated heterocycles. The van der Waals surface area contributed by atoms with Gasteiger partial charge in [0.15, 0.2) is 0 Å². The molecule has 2 aromatic rings. The molecule has 20 heavy (non-hydrogen) atoms. The molecule has 0 saturated carbocycles. The third-order valence-corrected chi connectivity index (χ3v) is 5.47. The lowest BCUT2D eigenvalue weighted by Crippen LogP contribution is -2.43. The molecule has 5 heteroatoms. The quantitative estimate of drug-likeness (QED) is 0.814. The number of hydrogen-bond acceptors (Lipinski definition) is 3. The van der Waals surface area contributed by atoms with Crippen LogP contribution < -0.4 is 0 Å². The van der Waals surface area contributed by atoms with Gasteiger partial charge < -0.3 is 0 Å². The Morgan fingerprint density at radius 1 is 1.25 bits per heavy atom. The zero-order valence-corrected chi connectivity index (χ0v) is 12.5. The first-order valence-corrected chi connectivity index (χ1v) is 7.55. The van der Waals surface area contributed by atoms with Crippen molar-refractivity contribution < 1.29 is 8.42 Å². The lowest BCUT2D eigenvalue weighted by molar-refractivity contribution is 0.341. The third kappa shape index (κ3) is 2.28. The predicted octanol–water partition coefficient (Wildman–Crippen LogP) is 2.27. The summed E-state index contributed by atoms with van der Waals surface area (Å²) in [4.78, 5) is 4.39. The summed E-state index contributed by atoms with van der Waals surface area (Å²) in [7, 11) is -2.19. The van der Waals surface area contributed by atoms with E-state index in [2.05, 4.69) is 10.9 Å². The summed E-state index contributed by atoms with van der Waals surface area (Å²) in [5, 5.41) is 0.592. The van der Waals surface area contributed by atoms with Gasteiger partial charge in [-0.2, -0.15) is 4.31 Å². The molecule has 2 rings (SSSR count). The van der Waals surface area contributed by atoms with Gasteiger partial charge in [0.25, 0.3) is 0 Å². The largest absolute Gasteiger partial charge is 0.256 e. The van der Waals surface area contributed by atoms with Crippen LogP contribution in [-0.2, 0) is 10.0 Å². The number of aromatic nitrogens is 1. The van der Waals surface area contributed by atoms with Crippen molar-refractivity contribution in [3.05, 3.63) is 36.5 Å². The zero-order chi connectivity index (χ0) is 15.0. The van der Waals surface area contributed by atoms with E-state index in [9.17, 15) is 8.42 Å². The second-order valence-electron chi connectivity index (χ2n) is 5.00. The molecule has 0 unspecified atom stereocenters. The smallest absolute Gasteiger partial charge is 0.244 e. The Morgan fingerprint density at radius 3 is 2.60 bits per heavy atom. The summed E-state index contributed by atoms with van der Waals surface area (Å²) in [6.07, 6.45) is 7.06. The summed E-state index contributed by atoms with van der Waals surface area (Å²) in [6.45, 7) is 3.38. The molecule has 0 aliphatic carbocycles. The molecule has 1 aromatic heterocycles. The Balaban J connectivity index is 2.68. The Bertz CT molecular complexity index is 784. The monoisotopic (exact) mass is 288 g/mol. The fourth-order valence-electron chi connectivity index (χ4n) is 1.84. The summed E-state index contributed by atoms with van der Waals surface area (Å²) in [5.74, 6) is 2.50. The number of sulfonamides is 1. The molecule has 4 nitrogen and oxygen atoms in total. The highest BCUT2D eigenvalue weighted by atomic mass is 32.2. The molecule has 0 aliphatic heterocycles. The number of benzene rings is 1. The van der Waals surface area contributed by atoms with Gasteiger partial charge in [-0.3, -0.25) is 4.98 Å². The molecule has 1 heterocycles. The molecule has 0 amide bonds. The van der Waals surface area contributed by atoms with E-state index in [4.69, 9.17) is 6.42 Å². The van der Waals surface area contributed by atoms with Crippen LogP contribution in [0, 0.1) is 12.3 Å². The normalized spacial score (nSPS) is 12.6. The van der Waals surface area contributed by atoms with Gasteiger partial charge in [-0.25, -0.2) is 8.42 Å². The fraction of sp³-hybridized carbons (Fsp3) is 0.267. The summed E-state index contributed by atoms with van der Waals surface area (Å²) in [6, 6.07) is 8.49. The molecule has 0 atom stereocenters. The van der Waals surface area contributed by atoms with Crippen LogP contribution in [0.3, 0.4) is 0 Å². The van der Waals surface area contributed by atoms with Crippen LogP contribution in [-0.4, -0.2) is 30.3 Å². The molecular formula is C15H16N2O2S. The summed E-state index contributed by atoms with van der Waals surface area (Å²) >= 11 is 0. The average molecular weight is 288 g/mol. The van der Waals surface area contributed by atoms with Gasteiger partial charge in [0.05, 0.1) is 16.0 Å². The van der Waals surface area contributed by atoms with Crippen molar-refractivity contribution in [3.8, 4) is 12.3 Å². The molecule has 0 aliphatic rings. The number of nitrogens with zero attached hydrogens (tertiary/aromatic N) is 2. The molecule has 0 radical (unpaired) electrons. The molecule has 104 valence electrons. The van der Waals surface area contributed by atoms with Crippen molar-refractivity contribution in [1.82, 2.24) is 9.29 Å². The van der Waals surface area contributed by atoms with Crippen LogP contribution in [0.2, 0.25) is 0 Å². The third-order valence-electron chi connectivity index (χ3n) is 3.38. The number of rotatable bonds is 3. The topological polar surface area (TPSA) is 50.3 Å². The van der Waals surface area contributed by atoms with Crippen LogP contribution >= 0.6 is 0 Å². The maximum Gasteiger partial charge on any atom is 0.244 e. The number of hydrogen-bond donors (Lipinski definition) is 0. The van der Waals surface area contributed by atoms with Gasteiger partial charge in [0.2, 0.25) is 10.0 Å². The lowest BCUT2D eigenvalue weighted by atomic mass is 10.1. The maximum atomic E-state index is 12.8. The van der Waals surface area contributed by atoms with E-state index < -0.39 is 15.6 Å². The van der Waals surface area contributed by atoms with Gasteiger partial charge in [-0.15, -0.1) is 6.42 Å².